The predicted molar refractivity (Wildman–Crippen MR) is 82.5 cm³/mol. The van der Waals surface area contributed by atoms with Crippen LogP contribution < -0.4 is 5.32 Å². The summed E-state index contributed by atoms with van der Waals surface area (Å²) in [7, 11) is 0. The van der Waals surface area contributed by atoms with E-state index in [-0.39, 0.29) is 5.69 Å². The summed E-state index contributed by atoms with van der Waals surface area (Å²) >= 11 is 6.06. The molecule has 1 saturated carbocycles. The molecule has 1 aromatic carbocycles. The van der Waals surface area contributed by atoms with Crippen LogP contribution in [0.3, 0.4) is 0 Å². The van der Waals surface area contributed by atoms with Crippen molar-refractivity contribution >= 4 is 17.3 Å². The number of nitro benzene ring substituents is 1. The molecule has 0 unspecified atom stereocenters. The molecule has 5 nitrogen and oxygen atoms in total. The normalized spacial score (nSPS) is 18.2. The first-order chi connectivity index (χ1) is 10.0. The van der Waals surface area contributed by atoms with Gasteiger partial charge in [-0.25, -0.2) is 0 Å². The molecule has 2 rings (SSSR count). The molecule has 2 N–H and O–H groups in total. The number of aliphatic hydroxyl groups is 1. The molecule has 1 aromatic rings. The number of halogens is 1. The number of hydrogen-bond acceptors (Lipinski definition) is 4. The summed E-state index contributed by atoms with van der Waals surface area (Å²) in [6.07, 6.45) is 6.08. The quantitative estimate of drug-likeness (QED) is 0.496. The minimum absolute atomic E-state index is 0.0318. The highest BCUT2D eigenvalue weighted by molar-refractivity contribution is 6.31. The number of non-ortho nitro benzene ring substituents is 1. The van der Waals surface area contributed by atoms with Crippen LogP contribution in [0, 0.1) is 10.1 Å². The van der Waals surface area contributed by atoms with Gasteiger partial charge in [-0.3, -0.25) is 10.1 Å². The lowest BCUT2D eigenvalue weighted by atomic mass is 9.94. The Morgan fingerprint density at radius 2 is 1.95 bits per heavy atom. The molecule has 6 heteroatoms. The van der Waals surface area contributed by atoms with Gasteiger partial charge in [0.1, 0.15) is 0 Å². The Morgan fingerprint density at radius 3 is 2.57 bits per heavy atom. The van der Waals surface area contributed by atoms with Gasteiger partial charge in [0.15, 0.2) is 0 Å². The van der Waals surface area contributed by atoms with Crippen molar-refractivity contribution in [3.05, 3.63) is 38.9 Å². The van der Waals surface area contributed by atoms with E-state index in [1.807, 2.05) is 0 Å². The Hall–Kier alpha value is -1.17. The van der Waals surface area contributed by atoms with E-state index in [4.69, 9.17) is 11.6 Å². The number of nitro groups is 1. The summed E-state index contributed by atoms with van der Waals surface area (Å²) in [5.74, 6) is 0. The molecule has 1 fully saturated rings. The van der Waals surface area contributed by atoms with Crippen LogP contribution in [0.5, 0.6) is 0 Å². The summed E-state index contributed by atoms with van der Waals surface area (Å²) in [6.45, 7) is 0.912. The number of rotatable bonds is 5. The van der Waals surface area contributed by atoms with Crippen LogP contribution in [0.2, 0.25) is 5.02 Å². The minimum Gasteiger partial charge on any atom is -0.389 e. The van der Waals surface area contributed by atoms with E-state index in [0.717, 1.165) is 25.7 Å². The molecule has 0 aliphatic heterocycles. The number of hydrogen-bond donors (Lipinski definition) is 2. The molecule has 0 radical (unpaired) electrons. The maximum atomic E-state index is 10.8. The summed E-state index contributed by atoms with van der Waals surface area (Å²) in [4.78, 5) is 10.3. The highest BCUT2D eigenvalue weighted by Gasteiger charge is 2.27. The Balaban J connectivity index is 1.93. The van der Waals surface area contributed by atoms with E-state index in [9.17, 15) is 15.2 Å². The second-order valence-electron chi connectivity index (χ2n) is 5.77. The van der Waals surface area contributed by atoms with Crippen LogP contribution in [-0.4, -0.2) is 22.2 Å². The molecule has 0 bridgehead atoms. The average molecular weight is 313 g/mol. The smallest absolute Gasteiger partial charge is 0.269 e. The summed E-state index contributed by atoms with van der Waals surface area (Å²) < 4.78 is 0. The van der Waals surface area contributed by atoms with Gasteiger partial charge in [0, 0.05) is 30.2 Å². The number of benzene rings is 1. The van der Waals surface area contributed by atoms with Gasteiger partial charge in [0.25, 0.3) is 5.69 Å². The van der Waals surface area contributed by atoms with Gasteiger partial charge in [-0.1, -0.05) is 37.3 Å². The number of nitrogens with zero attached hydrogens (tertiary/aromatic N) is 1. The first kappa shape index (κ1) is 16.2. The Labute approximate surface area is 129 Å². The van der Waals surface area contributed by atoms with Crippen molar-refractivity contribution in [3.8, 4) is 0 Å². The molecule has 0 saturated heterocycles. The Bertz CT molecular complexity index is 500. The first-order valence-corrected chi connectivity index (χ1v) is 7.74. The first-order valence-electron chi connectivity index (χ1n) is 7.36. The maximum Gasteiger partial charge on any atom is 0.269 e. The van der Waals surface area contributed by atoms with Crippen molar-refractivity contribution in [2.24, 2.45) is 0 Å². The van der Waals surface area contributed by atoms with Gasteiger partial charge >= 0.3 is 0 Å². The molecule has 21 heavy (non-hydrogen) atoms. The molecular formula is C15H21ClN2O3. The third-order valence-corrected chi connectivity index (χ3v) is 4.41. The summed E-state index contributed by atoms with van der Waals surface area (Å²) in [6, 6.07) is 4.41. The Kier molecular flexibility index (Phi) is 5.56. The fourth-order valence-corrected chi connectivity index (χ4v) is 2.99. The van der Waals surface area contributed by atoms with E-state index < -0.39 is 10.5 Å². The maximum absolute atomic E-state index is 10.8. The van der Waals surface area contributed by atoms with Crippen molar-refractivity contribution in [2.45, 2.75) is 50.7 Å². The molecule has 0 aromatic heterocycles. The standard InChI is InChI=1S/C15H21ClN2O3/c16-14-6-5-13(18(20)21)9-12(14)10-17-11-15(19)7-3-1-2-4-8-15/h5-6,9,17,19H,1-4,7-8,10-11H2. The van der Waals surface area contributed by atoms with Gasteiger partial charge in [0.05, 0.1) is 10.5 Å². The molecule has 0 amide bonds. The molecular weight excluding hydrogens is 292 g/mol. The lowest BCUT2D eigenvalue weighted by Crippen LogP contribution is -2.39. The zero-order valence-corrected chi connectivity index (χ0v) is 12.7. The zero-order chi connectivity index (χ0) is 15.3. The van der Waals surface area contributed by atoms with Crippen molar-refractivity contribution in [1.29, 1.82) is 0 Å². The summed E-state index contributed by atoms with van der Waals surface area (Å²) in [5.41, 5.74) is 0.0522. The van der Waals surface area contributed by atoms with Crippen molar-refractivity contribution < 1.29 is 10.0 Å². The summed E-state index contributed by atoms with van der Waals surface area (Å²) in [5, 5.41) is 25.0. The van der Waals surface area contributed by atoms with Gasteiger partial charge < -0.3 is 10.4 Å². The van der Waals surface area contributed by atoms with Crippen LogP contribution in [-0.2, 0) is 6.54 Å². The third kappa shape index (κ3) is 4.66. The van der Waals surface area contributed by atoms with Crippen molar-refractivity contribution in [3.63, 3.8) is 0 Å². The minimum atomic E-state index is -0.663. The molecule has 0 spiro atoms. The second-order valence-corrected chi connectivity index (χ2v) is 6.18. The van der Waals surface area contributed by atoms with Crippen LogP contribution in [0.15, 0.2) is 18.2 Å². The zero-order valence-electron chi connectivity index (χ0n) is 12.0. The van der Waals surface area contributed by atoms with E-state index in [0.29, 0.717) is 23.7 Å². The SMILES string of the molecule is O=[N+]([O-])c1ccc(Cl)c(CNCC2(O)CCCCCC2)c1. The third-order valence-electron chi connectivity index (χ3n) is 4.04. The van der Waals surface area contributed by atoms with Gasteiger partial charge in [-0.15, -0.1) is 0 Å². The molecule has 1 aliphatic carbocycles. The van der Waals surface area contributed by atoms with Crippen LogP contribution >= 0.6 is 11.6 Å². The molecule has 116 valence electrons. The topological polar surface area (TPSA) is 75.4 Å². The lowest BCUT2D eigenvalue weighted by molar-refractivity contribution is -0.384. The van der Waals surface area contributed by atoms with Gasteiger partial charge in [0.2, 0.25) is 0 Å². The van der Waals surface area contributed by atoms with E-state index in [1.165, 1.54) is 31.0 Å². The Morgan fingerprint density at radius 1 is 1.29 bits per heavy atom. The van der Waals surface area contributed by atoms with Gasteiger partial charge in [-0.05, 0) is 24.5 Å². The van der Waals surface area contributed by atoms with Crippen molar-refractivity contribution in [2.75, 3.05) is 6.54 Å². The lowest BCUT2D eigenvalue weighted by Gasteiger charge is -2.27. The van der Waals surface area contributed by atoms with E-state index >= 15 is 0 Å². The van der Waals surface area contributed by atoms with Crippen LogP contribution in [0.1, 0.15) is 44.1 Å². The second kappa shape index (κ2) is 7.20. The molecule has 0 heterocycles. The monoisotopic (exact) mass is 312 g/mol. The average Bonchev–Trinajstić information content (AvgIpc) is 2.66. The van der Waals surface area contributed by atoms with Crippen molar-refractivity contribution in [1.82, 2.24) is 5.32 Å². The van der Waals surface area contributed by atoms with Gasteiger partial charge in [-0.2, -0.15) is 0 Å². The highest BCUT2D eigenvalue weighted by atomic mass is 35.5. The van der Waals surface area contributed by atoms with E-state index in [2.05, 4.69) is 5.32 Å². The largest absolute Gasteiger partial charge is 0.389 e. The molecule has 1 aliphatic rings. The van der Waals surface area contributed by atoms with Crippen LogP contribution in [0.25, 0.3) is 0 Å². The predicted octanol–water partition coefficient (Wildman–Crippen LogP) is 3.42. The number of nitrogens with one attached hydrogen (secondary N) is 1. The van der Waals surface area contributed by atoms with E-state index in [1.54, 1.807) is 0 Å². The fourth-order valence-electron chi connectivity index (χ4n) is 2.80. The highest BCUT2D eigenvalue weighted by Crippen LogP contribution is 2.27. The van der Waals surface area contributed by atoms with Crippen LogP contribution in [0.4, 0.5) is 5.69 Å². The molecule has 0 atom stereocenters. The fraction of sp³-hybridized carbons (Fsp3) is 0.600.